The number of carbonyl (C=O) groups excluding carboxylic acids is 1. The predicted molar refractivity (Wildman–Crippen MR) is 105 cm³/mol. The fourth-order valence-electron chi connectivity index (χ4n) is 2.67. The van der Waals surface area contributed by atoms with Crippen LogP contribution in [0.3, 0.4) is 0 Å². The van der Waals surface area contributed by atoms with Gasteiger partial charge in [-0.15, -0.1) is 0 Å². The lowest BCUT2D eigenvalue weighted by Crippen LogP contribution is -2.37. The Morgan fingerprint density at radius 1 is 1.12 bits per heavy atom. The molecule has 1 unspecified atom stereocenters. The molecule has 5 heteroatoms. The second-order valence-corrected chi connectivity index (χ2v) is 6.75. The molecule has 0 radical (unpaired) electrons. The molecule has 0 saturated heterocycles. The molecule has 2 aromatic carbocycles. The third-order valence-electron chi connectivity index (χ3n) is 4.19. The average Bonchev–Trinajstić information content (AvgIpc) is 2.63. The quantitative estimate of drug-likeness (QED) is 0.692. The van der Waals surface area contributed by atoms with Gasteiger partial charge in [-0.2, -0.15) is 0 Å². The van der Waals surface area contributed by atoms with Crippen LogP contribution in [-0.4, -0.2) is 25.7 Å². The van der Waals surface area contributed by atoms with E-state index in [4.69, 9.17) is 21.1 Å². The Balaban J connectivity index is 1.76. The van der Waals surface area contributed by atoms with Crippen molar-refractivity contribution in [2.45, 2.75) is 39.7 Å². The highest BCUT2D eigenvalue weighted by Crippen LogP contribution is 2.26. The SMILES string of the molecule is COc1ccc(CCCNC(=O)C(C)Oc2cc(C)c(Cl)c(C)c2)cc1. The molecule has 0 aliphatic carbocycles. The van der Waals surface area contributed by atoms with Crippen molar-refractivity contribution in [1.82, 2.24) is 5.32 Å². The smallest absolute Gasteiger partial charge is 0.260 e. The van der Waals surface area contributed by atoms with Gasteiger partial charge in [0.25, 0.3) is 5.91 Å². The van der Waals surface area contributed by atoms with E-state index in [-0.39, 0.29) is 5.91 Å². The third-order valence-corrected chi connectivity index (χ3v) is 4.79. The molecule has 0 fully saturated rings. The minimum atomic E-state index is -0.559. The highest BCUT2D eigenvalue weighted by atomic mass is 35.5. The first-order valence-corrected chi connectivity index (χ1v) is 9.12. The van der Waals surface area contributed by atoms with Gasteiger partial charge in [0.05, 0.1) is 7.11 Å². The summed E-state index contributed by atoms with van der Waals surface area (Å²) in [7, 11) is 1.65. The number of carbonyl (C=O) groups is 1. The fraction of sp³-hybridized carbons (Fsp3) is 0.381. The van der Waals surface area contributed by atoms with Crippen LogP contribution in [0.15, 0.2) is 36.4 Å². The van der Waals surface area contributed by atoms with E-state index in [1.54, 1.807) is 14.0 Å². The molecule has 140 valence electrons. The summed E-state index contributed by atoms with van der Waals surface area (Å²) in [5.74, 6) is 1.39. The summed E-state index contributed by atoms with van der Waals surface area (Å²) < 4.78 is 10.9. The molecule has 0 aromatic heterocycles. The Labute approximate surface area is 160 Å². The molecule has 1 amide bonds. The minimum Gasteiger partial charge on any atom is -0.497 e. The van der Waals surface area contributed by atoms with Crippen molar-refractivity contribution in [3.05, 3.63) is 58.1 Å². The molecule has 0 saturated carbocycles. The van der Waals surface area contributed by atoms with Crippen LogP contribution in [0.2, 0.25) is 5.02 Å². The Kier molecular flexibility index (Phi) is 7.34. The van der Waals surface area contributed by atoms with Crippen molar-refractivity contribution in [1.29, 1.82) is 0 Å². The van der Waals surface area contributed by atoms with Crippen LogP contribution in [-0.2, 0) is 11.2 Å². The molecule has 1 atom stereocenters. The first-order chi connectivity index (χ1) is 12.4. The average molecular weight is 376 g/mol. The zero-order chi connectivity index (χ0) is 19.1. The minimum absolute atomic E-state index is 0.120. The summed E-state index contributed by atoms with van der Waals surface area (Å²) in [4.78, 5) is 12.2. The number of aryl methyl sites for hydroxylation is 3. The van der Waals surface area contributed by atoms with Crippen LogP contribution >= 0.6 is 11.6 Å². The number of benzene rings is 2. The summed E-state index contributed by atoms with van der Waals surface area (Å²) in [6.45, 7) is 6.20. The van der Waals surface area contributed by atoms with Crippen molar-refractivity contribution in [2.75, 3.05) is 13.7 Å². The molecule has 26 heavy (non-hydrogen) atoms. The van der Waals surface area contributed by atoms with Gasteiger partial charge in [-0.3, -0.25) is 4.79 Å². The normalized spacial score (nSPS) is 11.7. The number of hydrogen-bond donors (Lipinski definition) is 1. The highest BCUT2D eigenvalue weighted by molar-refractivity contribution is 6.32. The fourth-order valence-corrected chi connectivity index (χ4v) is 2.78. The molecule has 2 aromatic rings. The van der Waals surface area contributed by atoms with Crippen LogP contribution in [0.1, 0.15) is 30.0 Å². The first kappa shape index (κ1) is 20.1. The van der Waals surface area contributed by atoms with E-state index in [9.17, 15) is 4.79 Å². The van der Waals surface area contributed by atoms with E-state index in [0.717, 1.165) is 34.7 Å². The third kappa shape index (κ3) is 5.67. The largest absolute Gasteiger partial charge is 0.497 e. The van der Waals surface area contributed by atoms with Crippen molar-refractivity contribution in [3.63, 3.8) is 0 Å². The Hall–Kier alpha value is -2.20. The summed E-state index contributed by atoms with van der Waals surface area (Å²) in [6, 6.07) is 11.7. The lowest BCUT2D eigenvalue weighted by Gasteiger charge is -2.16. The maximum absolute atomic E-state index is 12.2. The molecular formula is C21H26ClNO3. The zero-order valence-corrected chi connectivity index (χ0v) is 16.5. The molecule has 0 heterocycles. The van der Waals surface area contributed by atoms with Gasteiger partial charge in [-0.25, -0.2) is 0 Å². The second-order valence-electron chi connectivity index (χ2n) is 6.37. The summed E-state index contributed by atoms with van der Waals surface area (Å²) >= 11 is 6.16. The Morgan fingerprint density at radius 2 is 1.73 bits per heavy atom. The van der Waals surface area contributed by atoms with Gasteiger partial charge in [-0.1, -0.05) is 23.7 Å². The van der Waals surface area contributed by atoms with E-state index in [1.807, 2.05) is 50.2 Å². The van der Waals surface area contributed by atoms with E-state index in [1.165, 1.54) is 5.56 Å². The molecular weight excluding hydrogens is 350 g/mol. The number of hydrogen-bond acceptors (Lipinski definition) is 3. The monoisotopic (exact) mass is 375 g/mol. The highest BCUT2D eigenvalue weighted by Gasteiger charge is 2.15. The number of nitrogens with one attached hydrogen (secondary N) is 1. The molecule has 0 aliphatic heterocycles. The Bertz CT molecular complexity index is 720. The van der Waals surface area contributed by atoms with Crippen LogP contribution in [0.25, 0.3) is 0 Å². The maximum atomic E-state index is 12.2. The number of halogens is 1. The van der Waals surface area contributed by atoms with Gasteiger partial charge in [0.2, 0.25) is 0 Å². The number of ether oxygens (including phenoxy) is 2. The number of amides is 1. The summed E-state index contributed by atoms with van der Waals surface area (Å²) in [6.07, 6.45) is 1.20. The van der Waals surface area contributed by atoms with E-state index >= 15 is 0 Å². The molecule has 0 bridgehead atoms. The standard InChI is InChI=1S/C21H26ClNO3/c1-14-12-19(13-15(2)20(14)22)26-16(3)21(24)23-11-5-6-17-7-9-18(25-4)10-8-17/h7-10,12-13,16H,5-6,11H2,1-4H3,(H,23,24). The van der Waals surface area contributed by atoms with Crippen LogP contribution in [0.5, 0.6) is 11.5 Å². The topological polar surface area (TPSA) is 47.6 Å². The zero-order valence-electron chi connectivity index (χ0n) is 15.8. The van der Waals surface area contributed by atoms with Crippen molar-refractivity contribution in [2.24, 2.45) is 0 Å². The van der Waals surface area contributed by atoms with E-state index in [2.05, 4.69) is 5.32 Å². The van der Waals surface area contributed by atoms with Crippen molar-refractivity contribution in [3.8, 4) is 11.5 Å². The number of methoxy groups -OCH3 is 1. The first-order valence-electron chi connectivity index (χ1n) is 8.74. The maximum Gasteiger partial charge on any atom is 0.260 e. The molecule has 2 rings (SSSR count). The molecule has 1 N–H and O–H groups in total. The predicted octanol–water partition coefficient (Wildman–Crippen LogP) is 4.48. The summed E-state index contributed by atoms with van der Waals surface area (Å²) in [5.41, 5.74) is 3.10. The Morgan fingerprint density at radius 3 is 2.31 bits per heavy atom. The lowest BCUT2D eigenvalue weighted by atomic mass is 10.1. The van der Waals surface area contributed by atoms with Gasteiger partial charge in [-0.05, 0) is 74.6 Å². The van der Waals surface area contributed by atoms with Gasteiger partial charge in [0.15, 0.2) is 6.10 Å². The van der Waals surface area contributed by atoms with Gasteiger partial charge in [0.1, 0.15) is 11.5 Å². The summed E-state index contributed by atoms with van der Waals surface area (Å²) in [5, 5.41) is 3.65. The lowest BCUT2D eigenvalue weighted by molar-refractivity contribution is -0.127. The van der Waals surface area contributed by atoms with E-state index in [0.29, 0.717) is 12.3 Å². The molecule has 0 spiro atoms. The number of rotatable bonds is 8. The van der Waals surface area contributed by atoms with Crippen LogP contribution in [0, 0.1) is 13.8 Å². The van der Waals surface area contributed by atoms with Crippen molar-refractivity contribution < 1.29 is 14.3 Å². The van der Waals surface area contributed by atoms with Crippen LogP contribution in [0.4, 0.5) is 0 Å². The van der Waals surface area contributed by atoms with Crippen molar-refractivity contribution >= 4 is 17.5 Å². The molecule has 4 nitrogen and oxygen atoms in total. The van der Waals surface area contributed by atoms with Gasteiger partial charge in [0, 0.05) is 11.6 Å². The van der Waals surface area contributed by atoms with Gasteiger partial charge < -0.3 is 14.8 Å². The van der Waals surface area contributed by atoms with Crippen LogP contribution < -0.4 is 14.8 Å². The van der Waals surface area contributed by atoms with Gasteiger partial charge >= 0.3 is 0 Å². The second kappa shape index (κ2) is 9.48. The molecule has 0 aliphatic rings. The van der Waals surface area contributed by atoms with E-state index < -0.39 is 6.10 Å².